The molecule has 0 saturated heterocycles. The van der Waals surface area contributed by atoms with Gasteiger partial charge in [0, 0.05) is 19.6 Å². The summed E-state index contributed by atoms with van der Waals surface area (Å²) < 4.78 is 16.4. The predicted molar refractivity (Wildman–Crippen MR) is 140 cm³/mol. The molecule has 1 heterocycles. The molecule has 0 unspecified atom stereocenters. The van der Waals surface area contributed by atoms with Gasteiger partial charge < -0.3 is 40.2 Å². The van der Waals surface area contributed by atoms with Crippen LogP contribution in [-0.4, -0.2) is 106 Å². The van der Waals surface area contributed by atoms with E-state index < -0.39 is 10.2 Å². The van der Waals surface area contributed by atoms with Gasteiger partial charge in [-0.2, -0.15) is 0 Å². The van der Waals surface area contributed by atoms with Crippen molar-refractivity contribution in [2.75, 3.05) is 66.0 Å². The van der Waals surface area contributed by atoms with Crippen LogP contribution in [0.3, 0.4) is 0 Å². The first-order valence-electron chi connectivity index (χ1n) is 10.4. The molecule has 0 spiro atoms. The van der Waals surface area contributed by atoms with Gasteiger partial charge >= 0.3 is 0 Å². The molecule has 220 valence electrons. The fourth-order valence-electron chi connectivity index (χ4n) is 3.10. The average Bonchev–Trinajstić information content (AvgIpc) is 2.79. The zero-order chi connectivity index (χ0) is 27.7. The first-order chi connectivity index (χ1) is 17.1. The van der Waals surface area contributed by atoms with Crippen molar-refractivity contribution in [2.24, 2.45) is 0 Å². The second-order valence-corrected chi connectivity index (χ2v) is 6.71. The van der Waals surface area contributed by atoms with E-state index in [2.05, 4.69) is 15.3 Å². The lowest BCUT2D eigenvalue weighted by atomic mass is 10.1. The number of aryl methyl sites for hydroxylation is 1. The van der Waals surface area contributed by atoms with Gasteiger partial charge in [-0.15, -0.1) is 45.0 Å². The highest BCUT2D eigenvalue weighted by atomic mass is 35.5. The summed E-state index contributed by atoms with van der Waals surface area (Å²) in [5, 5.41) is 49.6. The van der Waals surface area contributed by atoms with Crippen molar-refractivity contribution in [2.45, 2.75) is 13.3 Å². The van der Waals surface area contributed by atoms with Gasteiger partial charge in [0.05, 0.1) is 39.9 Å². The smallest absolute Gasteiger partial charge is 0.291 e. The van der Waals surface area contributed by atoms with Gasteiger partial charge in [0.15, 0.2) is 11.5 Å². The largest absolute Gasteiger partial charge is 0.493 e. The molecular weight excluding hydrogens is 559 g/mol. The van der Waals surface area contributed by atoms with E-state index in [1.165, 1.54) is 0 Å². The highest BCUT2D eigenvalue weighted by Crippen LogP contribution is 2.44. The molecule has 0 aliphatic heterocycles. The summed E-state index contributed by atoms with van der Waals surface area (Å²) in [4.78, 5) is 27.8. The highest BCUT2D eigenvalue weighted by Gasteiger charge is 2.20. The number of ether oxygens (including phenoxy) is 3. The summed E-state index contributed by atoms with van der Waals surface area (Å²) >= 11 is 0. The van der Waals surface area contributed by atoms with Crippen LogP contribution in [0, 0.1) is 27.2 Å². The van der Waals surface area contributed by atoms with Crippen molar-refractivity contribution < 1.29 is 45.0 Å². The van der Waals surface area contributed by atoms with E-state index in [0.717, 1.165) is 18.4 Å². The number of aliphatic hydroxyl groups excluding tert-OH is 2. The lowest BCUT2D eigenvalue weighted by Crippen LogP contribution is -2.31. The molecule has 2 rings (SSSR count). The monoisotopic (exact) mass is 592 g/mol. The standard InChI is InChI=1S/C19H30N4O5.2ClH.2HNO3/c1-13-21-16-14(12-15(26-2)17(27-3)18(16)28-4)19(22-13)20-6-5-7-23(8-10-24)9-11-25;;;2*2-1(3)4/h12,24-25H,5-11H2,1-4H3,(H,20,21,22);2*1H;2*(H,2,3,4). The summed E-state index contributed by atoms with van der Waals surface area (Å²) in [5.74, 6) is 2.84. The van der Waals surface area contributed by atoms with Gasteiger partial charge in [0.2, 0.25) is 5.75 Å². The van der Waals surface area contributed by atoms with Crippen LogP contribution >= 0.6 is 24.8 Å². The zero-order valence-electron chi connectivity index (χ0n) is 21.2. The van der Waals surface area contributed by atoms with Crippen molar-refractivity contribution >= 4 is 41.5 Å². The number of rotatable bonds is 12. The molecule has 0 atom stereocenters. The number of anilines is 1. The highest BCUT2D eigenvalue weighted by molar-refractivity contribution is 5.96. The number of aromatic nitrogens is 2. The molecule has 5 N–H and O–H groups in total. The number of fused-ring (bicyclic) bond motifs is 1. The minimum Gasteiger partial charge on any atom is -0.493 e. The minimum absolute atomic E-state index is 0. The summed E-state index contributed by atoms with van der Waals surface area (Å²) in [6.07, 6.45) is 0.828. The van der Waals surface area contributed by atoms with Crippen LogP contribution in [0.4, 0.5) is 5.82 Å². The van der Waals surface area contributed by atoms with E-state index in [1.54, 1.807) is 21.3 Å². The molecule has 2 aromatic rings. The SMILES string of the molecule is COc1cc2c(NCCCN(CCO)CCO)nc(C)nc2c(OC)c1OC.Cl.Cl.O=[N+]([O-])O.O=[N+]([O-])O. The van der Waals surface area contributed by atoms with Crippen LogP contribution in [0.1, 0.15) is 12.2 Å². The van der Waals surface area contributed by atoms with Gasteiger partial charge in [-0.05, 0) is 26.0 Å². The van der Waals surface area contributed by atoms with Crippen molar-refractivity contribution in [3.63, 3.8) is 0 Å². The lowest BCUT2D eigenvalue weighted by Gasteiger charge is -2.20. The van der Waals surface area contributed by atoms with Gasteiger partial charge in [-0.1, -0.05) is 0 Å². The van der Waals surface area contributed by atoms with E-state index in [-0.39, 0.29) is 38.0 Å². The molecule has 0 aliphatic carbocycles. The van der Waals surface area contributed by atoms with E-state index in [1.807, 2.05) is 17.9 Å². The van der Waals surface area contributed by atoms with Crippen LogP contribution in [0.5, 0.6) is 17.2 Å². The number of nitrogens with one attached hydrogen (secondary N) is 1. The average molecular weight is 593 g/mol. The van der Waals surface area contributed by atoms with Crippen LogP contribution in [-0.2, 0) is 0 Å². The van der Waals surface area contributed by atoms with Gasteiger partial charge in [-0.3, -0.25) is 4.90 Å². The topological polar surface area (TPSA) is 236 Å². The van der Waals surface area contributed by atoms with E-state index in [4.69, 9.17) is 55.1 Å². The van der Waals surface area contributed by atoms with Crippen molar-refractivity contribution in [1.82, 2.24) is 14.9 Å². The molecule has 1 aromatic carbocycles. The minimum atomic E-state index is -1.50. The molecule has 17 nitrogen and oxygen atoms in total. The van der Waals surface area contributed by atoms with Gasteiger partial charge in [-0.25, -0.2) is 9.97 Å². The normalized spacial score (nSPS) is 9.45. The molecule has 0 fully saturated rings. The number of hydrogen-bond acceptors (Lipinski definition) is 13. The number of nitrogens with zero attached hydrogens (tertiary/aromatic N) is 5. The number of halogens is 2. The molecular formula is C19H34Cl2N6O11. The summed E-state index contributed by atoms with van der Waals surface area (Å²) in [6, 6.07) is 1.84. The lowest BCUT2D eigenvalue weighted by molar-refractivity contribution is -0.742. The molecule has 38 heavy (non-hydrogen) atoms. The Morgan fingerprint density at radius 2 is 1.42 bits per heavy atom. The fraction of sp³-hybridized carbons (Fsp3) is 0.579. The molecule has 19 heteroatoms. The van der Waals surface area contributed by atoms with Crippen LogP contribution in [0.15, 0.2) is 6.07 Å². The van der Waals surface area contributed by atoms with Crippen molar-refractivity contribution in [3.05, 3.63) is 32.1 Å². The Balaban J connectivity index is -0.00000108. The second-order valence-electron chi connectivity index (χ2n) is 6.71. The summed E-state index contributed by atoms with van der Waals surface area (Å²) in [6.45, 7) is 4.50. The maximum absolute atomic E-state index is 9.10. The third-order valence-corrected chi connectivity index (χ3v) is 4.38. The Morgan fingerprint density at radius 1 is 0.921 bits per heavy atom. The molecule has 0 radical (unpaired) electrons. The molecule has 0 bridgehead atoms. The fourth-order valence-corrected chi connectivity index (χ4v) is 3.10. The molecule has 1 aromatic heterocycles. The first-order valence-corrected chi connectivity index (χ1v) is 10.4. The van der Waals surface area contributed by atoms with Gasteiger partial charge in [0.25, 0.3) is 10.2 Å². The Labute approximate surface area is 230 Å². The third kappa shape index (κ3) is 14.4. The van der Waals surface area contributed by atoms with Crippen LogP contribution in [0.25, 0.3) is 10.9 Å². The Kier molecular flexibility index (Phi) is 22.3. The van der Waals surface area contributed by atoms with E-state index in [0.29, 0.717) is 54.0 Å². The third-order valence-electron chi connectivity index (χ3n) is 4.38. The Bertz CT molecular complexity index is 949. The molecule has 0 saturated carbocycles. The zero-order valence-corrected chi connectivity index (χ0v) is 22.9. The maximum atomic E-state index is 9.10. The van der Waals surface area contributed by atoms with Crippen LogP contribution < -0.4 is 19.5 Å². The first kappa shape index (κ1) is 39.1. The predicted octanol–water partition coefficient (Wildman–Crippen LogP) is 1.20. The maximum Gasteiger partial charge on any atom is 0.291 e. The second kappa shape index (κ2) is 21.7. The number of methoxy groups -OCH3 is 3. The molecule has 0 amide bonds. The van der Waals surface area contributed by atoms with Crippen molar-refractivity contribution in [1.29, 1.82) is 0 Å². The number of benzene rings is 1. The van der Waals surface area contributed by atoms with Crippen molar-refractivity contribution in [3.8, 4) is 17.2 Å². The Morgan fingerprint density at radius 3 is 1.84 bits per heavy atom. The van der Waals surface area contributed by atoms with Crippen LogP contribution in [0.2, 0.25) is 0 Å². The number of hydrogen-bond donors (Lipinski definition) is 5. The summed E-state index contributed by atoms with van der Waals surface area (Å²) in [7, 11) is 4.70. The van der Waals surface area contributed by atoms with Gasteiger partial charge in [0.1, 0.15) is 17.2 Å². The number of aliphatic hydroxyl groups is 2. The summed E-state index contributed by atoms with van der Waals surface area (Å²) in [5.41, 5.74) is 0.650. The van der Waals surface area contributed by atoms with E-state index >= 15 is 0 Å². The quantitative estimate of drug-likeness (QED) is 0.132. The Hall–Kier alpha value is -3.38. The molecule has 0 aliphatic rings. The van der Waals surface area contributed by atoms with E-state index in [9.17, 15) is 0 Å².